The Hall–Kier alpha value is -1.63. The molecule has 0 aromatic rings. The molecule has 1 amide bonds. The Morgan fingerprint density at radius 1 is 1.10 bits per heavy atom. The summed E-state index contributed by atoms with van der Waals surface area (Å²) < 4.78 is 9.69. The van der Waals surface area contributed by atoms with Crippen molar-refractivity contribution in [3.05, 3.63) is 0 Å². The van der Waals surface area contributed by atoms with Gasteiger partial charge in [-0.25, -0.2) is 4.79 Å². The average Bonchev–Trinajstić information content (AvgIpc) is 2.42. The second kappa shape index (κ2) is 10.1. The number of carbonyl (C=O) groups excluding carboxylic acids is 3. The molecule has 0 spiro atoms. The molecular weight excluding hydrogens is 276 g/mol. The number of nitrogens with two attached hydrogens (primary N) is 1. The van der Waals surface area contributed by atoms with E-state index in [1.165, 1.54) is 0 Å². The molecular formula is C14H26N2O5. The van der Waals surface area contributed by atoms with E-state index in [1.807, 2.05) is 13.8 Å². The van der Waals surface area contributed by atoms with Gasteiger partial charge in [-0.3, -0.25) is 9.59 Å². The van der Waals surface area contributed by atoms with Crippen LogP contribution in [-0.4, -0.2) is 43.1 Å². The maximum Gasteiger partial charge on any atom is 0.328 e. The Morgan fingerprint density at radius 3 is 2.14 bits per heavy atom. The number of esters is 2. The zero-order chi connectivity index (χ0) is 16.4. The van der Waals surface area contributed by atoms with Crippen molar-refractivity contribution in [2.45, 2.75) is 52.6 Å². The molecule has 0 saturated carbocycles. The van der Waals surface area contributed by atoms with Crippen LogP contribution in [0.25, 0.3) is 0 Å². The molecule has 7 nitrogen and oxygen atoms in total. The molecule has 0 aromatic heterocycles. The van der Waals surface area contributed by atoms with Gasteiger partial charge in [-0.15, -0.1) is 0 Å². The van der Waals surface area contributed by atoms with Crippen LogP contribution < -0.4 is 11.1 Å². The highest BCUT2D eigenvalue weighted by atomic mass is 16.5. The summed E-state index contributed by atoms with van der Waals surface area (Å²) in [5.74, 6) is -1.50. The van der Waals surface area contributed by atoms with E-state index in [0.29, 0.717) is 0 Å². The van der Waals surface area contributed by atoms with Crippen LogP contribution >= 0.6 is 0 Å². The SMILES string of the molecule is CCOC(=O)CC[C@H](NC(=O)[C@@H](N)C(C)C)C(=O)OCC. The molecule has 0 bridgehead atoms. The third-order valence-corrected chi connectivity index (χ3v) is 2.85. The molecule has 0 heterocycles. The zero-order valence-corrected chi connectivity index (χ0v) is 13.2. The highest BCUT2D eigenvalue weighted by Gasteiger charge is 2.26. The summed E-state index contributed by atoms with van der Waals surface area (Å²) in [5, 5.41) is 2.53. The van der Waals surface area contributed by atoms with E-state index in [1.54, 1.807) is 13.8 Å². The van der Waals surface area contributed by atoms with Gasteiger partial charge in [-0.1, -0.05) is 13.8 Å². The molecule has 0 aromatic carbocycles. The summed E-state index contributed by atoms with van der Waals surface area (Å²) in [4.78, 5) is 35.1. The van der Waals surface area contributed by atoms with Crippen LogP contribution in [0.15, 0.2) is 0 Å². The van der Waals surface area contributed by atoms with Crippen LogP contribution in [0.1, 0.15) is 40.5 Å². The van der Waals surface area contributed by atoms with Crippen LogP contribution in [0.3, 0.4) is 0 Å². The molecule has 0 aliphatic rings. The lowest BCUT2D eigenvalue weighted by Gasteiger charge is -2.21. The lowest BCUT2D eigenvalue weighted by Crippen LogP contribution is -2.50. The molecule has 122 valence electrons. The summed E-state index contributed by atoms with van der Waals surface area (Å²) in [6.45, 7) is 7.45. The first-order valence-corrected chi connectivity index (χ1v) is 7.21. The number of rotatable bonds is 9. The zero-order valence-electron chi connectivity index (χ0n) is 13.2. The number of ether oxygens (including phenoxy) is 2. The molecule has 0 rings (SSSR count). The van der Waals surface area contributed by atoms with Crippen LogP contribution in [0, 0.1) is 5.92 Å². The molecule has 7 heteroatoms. The second-order valence-corrected chi connectivity index (χ2v) is 4.93. The molecule has 3 N–H and O–H groups in total. The first kappa shape index (κ1) is 19.4. The lowest BCUT2D eigenvalue weighted by atomic mass is 10.0. The first-order chi connectivity index (χ1) is 9.83. The van der Waals surface area contributed by atoms with E-state index in [0.717, 1.165) is 0 Å². The number of amides is 1. The van der Waals surface area contributed by atoms with Crippen molar-refractivity contribution in [1.29, 1.82) is 0 Å². The molecule has 0 fully saturated rings. The van der Waals surface area contributed by atoms with E-state index in [9.17, 15) is 14.4 Å². The number of hydrogen-bond acceptors (Lipinski definition) is 6. The predicted octanol–water partition coefficient (Wildman–Crippen LogP) is 0.361. The van der Waals surface area contributed by atoms with Gasteiger partial charge in [-0.05, 0) is 26.2 Å². The third kappa shape index (κ3) is 7.65. The van der Waals surface area contributed by atoms with Gasteiger partial charge >= 0.3 is 11.9 Å². The first-order valence-electron chi connectivity index (χ1n) is 7.21. The average molecular weight is 302 g/mol. The van der Waals surface area contributed by atoms with Crippen molar-refractivity contribution in [3.63, 3.8) is 0 Å². The van der Waals surface area contributed by atoms with Crippen molar-refractivity contribution < 1.29 is 23.9 Å². The third-order valence-electron chi connectivity index (χ3n) is 2.85. The van der Waals surface area contributed by atoms with Gasteiger partial charge in [0.2, 0.25) is 5.91 Å². The van der Waals surface area contributed by atoms with Crippen molar-refractivity contribution in [1.82, 2.24) is 5.32 Å². The molecule has 21 heavy (non-hydrogen) atoms. The van der Waals surface area contributed by atoms with Crippen LogP contribution in [0.5, 0.6) is 0 Å². The number of nitrogens with one attached hydrogen (secondary N) is 1. The summed E-state index contributed by atoms with van der Waals surface area (Å²) in [5.41, 5.74) is 5.73. The van der Waals surface area contributed by atoms with E-state index >= 15 is 0 Å². The Kier molecular flexibility index (Phi) is 9.36. The van der Waals surface area contributed by atoms with Gasteiger partial charge in [0.1, 0.15) is 6.04 Å². The quantitative estimate of drug-likeness (QED) is 0.595. The molecule has 2 atom stereocenters. The minimum atomic E-state index is -0.897. The highest BCUT2D eigenvalue weighted by molar-refractivity contribution is 5.87. The van der Waals surface area contributed by atoms with Gasteiger partial charge in [0.15, 0.2) is 0 Å². The van der Waals surface area contributed by atoms with Crippen molar-refractivity contribution in [2.24, 2.45) is 11.7 Å². The van der Waals surface area contributed by atoms with Gasteiger partial charge in [-0.2, -0.15) is 0 Å². The second-order valence-electron chi connectivity index (χ2n) is 4.93. The van der Waals surface area contributed by atoms with Crippen molar-refractivity contribution >= 4 is 17.8 Å². The van der Waals surface area contributed by atoms with Gasteiger partial charge in [0.05, 0.1) is 19.3 Å². The Labute approximate surface area is 125 Å². The largest absolute Gasteiger partial charge is 0.466 e. The maximum absolute atomic E-state index is 11.9. The van der Waals surface area contributed by atoms with Crippen molar-refractivity contribution in [3.8, 4) is 0 Å². The summed E-state index contributed by atoms with van der Waals surface area (Å²) in [6, 6.07) is -1.61. The fourth-order valence-electron chi connectivity index (χ4n) is 1.56. The minimum Gasteiger partial charge on any atom is -0.466 e. The van der Waals surface area contributed by atoms with Crippen LogP contribution in [0.4, 0.5) is 0 Å². The Bertz CT molecular complexity index is 357. The van der Waals surface area contributed by atoms with E-state index in [-0.39, 0.29) is 32.0 Å². The number of hydrogen-bond donors (Lipinski definition) is 2. The predicted molar refractivity (Wildman–Crippen MR) is 77.2 cm³/mol. The standard InChI is InChI=1S/C14H26N2O5/c1-5-20-11(17)8-7-10(14(19)21-6-2)16-13(18)12(15)9(3)4/h9-10,12H,5-8,15H2,1-4H3,(H,16,18)/t10-,12-/m0/s1. The van der Waals surface area contributed by atoms with E-state index in [4.69, 9.17) is 15.2 Å². The molecule has 0 saturated heterocycles. The van der Waals surface area contributed by atoms with Crippen LogP contribution in [-0.2, 0) is 23.9 Å². The lowest BCUT2D eigenvalue weighted by molar-refractivity contribution is -0.149. The van der Waals surface area contributed by atoms with Crippen LogP contribution in [0.2, 0.25) is 0 Å². The highest BCUT2D eigenvalue weighted by Crippen LogP contribution is 2.05. The topological polar surface area (TPSA) is 108 Å². The minimum absolute atomic E-state index is 0.0223. The smallest absolute Gasteiger partial charge is 0.328 e. The van der Waals surface area contributed by atoms with Crippen molar-refractivity contribution in [2.75, 3.05) is 13.2 Å². The Balaban J connectivity index is 4.63. The summed E-state index contributed by atoms with van der Waals surface area (Å²) in [6.07, 6.45) is 0.142. The van der Waals surface area contributed by atoms with E-state index in [2.05, 4.69) is 5.32 Å². The fourth-order valence-corrected chi connectivity index (χ4v) is 1.56. The van der Waals surface area contributed by atoms with Gasteiger partial charge in [0.25, 0.3) is 0 Å². The maximum atomic E-state index is 11.9. The molecule has 0 radical (unpaired) electrons. The Morgan fingerprint density at radius 2 is 1.67 bits per heavy atom. The monoisotopic (exact) mass is 302 g/mol. The number of carbonyl (C=O) groups is 3. The normalized spacial score (nSPS) is 13.4. The van der Waals surface area contributed by atoms with Gasteiger partial charge in [0, 0.05) is 6.42 Å². The molecule has 0 aliphatic heterocycles. The van der Waals surface area contributed by atoms with Gasteiger partial charge < -0.3 is 20.5 Å². The molecule has 0 aliphatic carbocycles. The molecule has 0 unspecified atom stereocenters. The van der Waals surface area contributed by atoms with E-state index < -0.39 is 29.9 Å². The summed E-state index contributed by atoms with van der Waals surface area (Å²) >= 11 is 0. The summed E-state index contributed by atoms with van der Waals surface area (Å²) in [7, 11) is 0. The fraction of sp³-hybridized carbons (Fsp3) is 0.786.